The highest BCUT2D eigenvalue weighted by molar-refractivity contribution is 5.88. The molecule has 1 N–H and O–H groups in total. The van der Waals surface area contributed by atoms with Crippen LogP contribution in [0.25, 0.3) is 0 Å². The van der Waals surface area contributed by atoms with E-state index in [1.165, 1.54) is 12.2 Å². The van der Waals surface area contributed by atoms with E-state index in [1.54, 1.807) is 53.1 Å². The average Bonchev–Trinajstić information content (AvgIpc) is 2.59. The molecular formula is C20H33N3O5. The minimum absolute atomic E-state index is 0.00231. The Morgan fingerprint density at radius 3 is 2.18 bits per heavy atom. The summed E-state index contributed by atoms with van der Waals surface area (Å²) in [6.45, 7) is 10.6. The number of hydrogen-bond acceptors (Lipinski definition) is 6. The highest BCUT2D eigenvalue weighted by atomic mass is 16.7. The first-order chi connectivity index (χ1) is 12.9. The number of alkyl carbamates (subject to hydrolysis) is 1. The van der Waals surface area contributed by atoms with Crippen molar-refractivity contribution in [3.05, 3.63) is 30.1 Å². The predicted octanol–water partition coefficient (Wildman–Crippen LogP) is 2.77. The number of carbonyl (C=O) groups excluding carboxylic acids is 3. The van der Waals surface area contributed by atoms with Crippen LogP contribution in [0.3, 0.4) is 0 Å². The fourth-order valence-electron chi connectivity index (χ4n) is 1.85. The number of amides is 2. The zero-order valence-corrected chi connectivity index (χ0v) is 18.1. The van der Waals surface area contributed by atoms with E-state index in [0.717, 1.165) is 0 Å². The number of pyridine rings is 1. The van der Waals surface area contributed by atoms with Crippen molar-refractivity contribution in [3.63, 3.8) is 0 Å². The van der Waals surface area contributed by atoms with Crippen LogP contribution in [0.2, 0.25) is 0 Å². The van der Waals surface area contributed by atoms with Gasteiger partial charge in [-0.25, -0.2) is 9.86 Å². The first-order valence-corrected chi connectivity index (χ1v) is 9.11. The second-order valence-corrected chi connectivity index (χ2v) is 7.51. The third kappa shape index (κ3) is 11.3. The summed E-state index contributed by atoms with van der Waals surface area (Å²) < 4.78 is 5.09. The van der Waals surface area contributed by atoms with E-state index in [2.05, 4.69) is 15.1 Å². The maximum Gasteiger partial charge on any atom is 0.408 e. The molecule has 0 saturated carbocycles. The largest absolute Gasteiger partial charge is 0.444 e. The number of aromatic nitrogens is 1. The van der Waals surface area contributed by atoms with Crippen molar-refractivity contribution in [2.24, 2.45) is 5.92 Å². The van der Waals surface area contributed by atoms with E-state index < -0.39 is 17.7 Å². The summed E-state index contributed by atoms with van der Waals surface area (Å²) in [6.07, 6.45) is 1.24. The van der Waals surface area contributed by atoms with Gasteiger partial charge in [0, 0.05) is 24.9 Å². The lowest BCUT2D eigenvalue weighted by Crippen LogP contribution is -2.42. The SMILES string of the molecule is CON(C)C(=O)C(C)C.C[C@H](NC(=O)OC(C)(C)C)C(=O)Cc1ccccn1. The molecule has 8 heteroatoms. The maximum atomic E-state index is 11.9. The average molecular weight is 396 g/mol. The number of Topliss-reactive ketones (excluding diaryl/α,β-unsaturated/α-hetero) is 1. The fourth-order valence-corrected chi connectivity index (χ4v) is 1.85. The van der Waals surface area contributed by atoms with Crippen LogP contribution in [0.15, 0.2) is 24.4 Å². The fraction of sp³-hybridized carbons (Fsp3) is 0.600. The molecule has 0 unspecified atom stereocenters. The third-order valence-electron chi connectivity index (χ3n) is 3.38. The third-order valence-corrected chi connectivity index (χ3v) is 3.38. The number of rotatable bonds is 6. The van der Waals surface area contributed by atoms with Crippen molar-refractivity contribution in [1.29, 1.82) is 0 Å². The minimum Gasteiger partial charge on any atom is -0.444 e. The second-order valence-electron chi connectivity index (χ2n) is 7.51. The quantitative estimate of drug-likeness (QED) is 0.744. The van der Waals surface area contributed by atoms with Crippen LogP contribution in [-0.2, 0) is 25.6 Å². The summed E-state index contributed by atoms with van der Waals surface area (Å²) >= 11 is 0. The Balaban J connectivity index is 0.000000684. The molecular weight excluding hydrogens is 362 g/mol. The van der Waals surface area contributed by atoms with Gasteiger partial charge < -0.3 is 10.1 Å². The van der Waals surface area contributed by atoms with Crippen LogP contribution in [-0.4, -0.2) is 53.6 Å². The molecule has 1 rings (SSSR count). The van der Waals surface area contributed by atoms with Gasteiger partial charge in [0.15, 0.2) is 5.78 Å². The topological polar surface area (TPSA) is 97.8 Å². The van der Waals surface area contributed by atoms with Crippen LogP contribution < -0.4 is 5.32 Å². The molecule has 0 radical (unpaired) electrons. The van der Waals surface area contributed by atoms with Crippen molar-refractivity contribution in [2.45, 2.75) is 59.6 Å². The van der Waals surface area contributed by atoms with E-state index in [-0.39, 0.29) is 24.0 Å². The molecule has 8 nitrogen and oxygen atoms in total. The minimum atomic E-state index is -0.600. The van der Waals surface area contributed by atoms with Crippen molar-refractivity contribution < 1.29 is 24.0 Å². The normalized spacial score (nSPS) is 11.8. The second kappa shape index (κ2) is 12.1. The highest BCUT2D eigenvalue weighted by Crippen LogP contribution is 2.07. The lowest BCUT2D eigenvalue weighted by molar-refractivity contribution is -0.172. The van der Waals surface area contributed by atoms with Gasteiger partial charge >= 0.3 is 6.09 Å². The monoisotopic (exact) mass is 395 g/mol. The Bertz CT molecular complexity index is 626. The number of carbonyl (C=O) groups is 3. The van der Waals surface area contributed by atoms with Gasteiger partial charge in [0.2, 0.25) is 5.91 Å². The number of ether oxygens (including phenoxy) is 1. The zero-order chi connectivity index (χ0) is 21.9. The Hall–Kier alpha value is -2.48. The zero-order valence-electron chi connectivity index (χ0n) is 18.1. The lowest BCUT2D eigenvalue weighted by Gasteiger charge is -2.21. The Labute approximate surface area is 167 Å². The smallest absolute Gasteiger partial charge is 0.408 e. The molecule has 2 amide bonds. The van der Waals surface area contributed by atoms with Gasteiger partial charge in [-0.05, 0) is 39.8 Å². The van der Waals surface area contributed by atoms with Gasteiger partial charge in [0.25, 0.3) is 0 Å². The molecule has 0 aromatic carbocycles. The molecule has 0 bridgehead atoms. The van der Waals surface area contributed by atoms with Gasteiger partial charge in [0.1, 0.15) is 5.60 Å². The molecule has 1 atom stereocenters. The van der Waals surface area contributed by atoms with Gasteiger partial charge in [-0.15, -0.1) is 0 Å². The molecule has 0 saturated heterocycles. The Morgan fingerprint density at radius 2 is 1.79 bits per heavy atom. The number of hydroxylamine groups is 2. The van der Waals surface area contributed by atoms with Gasteiger partial charge in [-0.2, -0.15) is 0 Å². The molecule has 1 aromatic rings. The highest BCUT2D eigenvalue weighted by Gasteiger charge is 2.21. The van der Waals surface area contributed by atoms with Gasteiger partial charge in [-0.1, -0.05) is 19.9 Å². The van der Waals surface area contributed by atoms with Gasteiger partial charge in [-0.3, -0.25) is 19.4 Å². The summed E-state index contributed by atoms with van der Waals surface area (Å²) in [7, 11) is 3.07. The number of hydrogen-bond donors (Lipinski definition) is 1. The summed E-state index contributed by atoms with van der Waals surface area (Å²) in [5, 5.41) is 3.74. The molecule has 28 heavy (non-hydrogen) atoms. The summed E-state index contributed by atoms with van der Waals surface area (Å²) in [5.41, 5.74) is 0.110. The van der Waals surface area contributed by atoms with Crippen LogP contribution in [0.4, 0.5) is 4.79 Å². The van der Waals surface area contributed by atoms with E-state index in [9.17, 15) is 14.4 Å². The standard InChI is InChI=1S/C14H20N2O3.C6H13NO2/c1-10(16-13(18)19-14(2,3)4)12(17)9-11-7-5-6-8-15-11;1-5(2)6(8)7(3)9-4/h5-8,10H,9H2,1-4H3,(H,16,18);5H,1-4H3/t10-;/m0./s1. The molecule has 158 valence electrons. The summed E-state index contributed by atoms with van der Waals surface area (Å²) in [5.74, 6) is -0.1000. The van der Waals surface area contributed by atoms with E-state index in [0.29, 0.717) is 5.69 Å². The number of nitrogens with zero attached hydrogens (tertiary/aromatic N) is 2. The van der Waals surface area contributed by atoms with Gasteiger partial charge in [0.05, 0.1) is 19.6 Å². The molecule has 0 aliphatic rings. The van der Waals surface area contributed by atoms with Crippen molar-refractivity contribution in [3.8, 4) is 0 Å². The molecule has 1 heterocycles. The molecule has 0 fully saturated rings. The van der Waals surface area contributed by atoms with E-state index in [4.69, 9.17) is 4.74 Å². The molecule has 0 spiro atoms. The van der Waals surface area contributed by atoms with E-state index in [1.807, 2.05) is 19.9 Å². The lowest BCUT2D eigenvalue weighted by atomic mass is 10.1. The summed E-state index contributed by atoms with van der Waals surface area (Å²) in [4.78, 5) is 43.0. The van der Waals surface area contributed by atoms with Crippen molar-refractivity contribution in [1.82, 2.24) is 15.4 Å². The first kappa shape index (κ1) is 25.5. The van der Waals surface area contributed by atoms with Crippen molar-refractivity contribution in [2.75, 3.05) is 14.2 Å². The Kier molecular flexibility index (Phi) is 11.0. The Morgan fingerprint density at radius 1 is 1.18 bits per heavy atom. The number of ketones is 1. The van der Waals surface area contributed by atoms with E-state index >= 15 is 0 Å². The van der Waals surface area contributed by atoms with Crippen LogP contribution >= 0.6 is 0 Å². The van der Waals surface area contributed by atoms with Crippen LogP contribution in [0.5, 0.6) is 0 Å². The molecule has 1 aromatic heterocycles. The van der Waals surface area contributed by atoms with Crippen molar-refractivity contribution >= 4 is 17.8 Å². The molecule has 0 aliphatic carbocycles. The molecule has 0 aliphatic heterocycles. The first-order valence-electron chi connectivity index (χ1n) is 9.11. The number of nitrogens with one attached hydrogen (secondary N) is 1. The van der Waals surface area contributed by atoms with Crippen LogP contribution in [0.1, 0.15) is 47.2 Å². The van der Waals surface area contributed by atoms with Crippen LogP contribution in [0, 0.1) is 5.92 Å². The predicted molar refractivity (Wildman–Crippen MR) is 106 cm³/mol. The summed E-state index contributed by atoms with van der Waals surface area (Å²) in [6, 6.07) is 4.78. The maximum absolute atomic E-state index is 11.9.